The molecule has 0 heterocycles. The average Bonchev–Trinajstić information content (AvgIpc) is 2.94. The van der Waals surface area contributed by atoms with Crippen molar-refractivity contribution in [3.63, 3.8) is 0 Å². The summed E-state index contributed by atoms with van der Waals surface area (Å²) < 4.78 is 5.54. The van der Waals surface area contributed by atoms with Gasteiger partial charge in [0.2, 0.25) is 5.91 Å². The van der Waals surface area contributed by atoms with E-state index in [1.54, 1.807) is 27.8 Å². The molecule has 0 spiro atoms. The molecule has 0 aliphatic heterocycles. The summed E-state index contributed by atoms with van der Waals surface area (Å²) in [5, 5.41) is 15.0. The van der Waals surface area contributed by atoms with E-state index in [1.165, 1.54) is 4.90 Å². The Morgan fingerprint density at radius 2 is 1.41 bits per heavy atom. The third-order valence-electron chi connectivity index (χ3n) is 7.12. The molecule has 10 nitrogen and oxygen atoms in total. The van der Waals surface area contributed by atoms with Crippen LogP contribution in [0.2, 0.25) is 0 Å². The zero-order valence-electron chi connectivity index (χ0n) is 27.7. The number of hydrogen-bond acceptors (Lipinski definition) is 7. The van der Waals surface area contributed by atoms with Gasteiger partial charge in [0, 0.05) is 20.1 Å². The molecule has 10 heteroatoms. The van der Waals surface area contributed by atoms with Gasteiger partial charge in [0.1, 0.15) is 5.60 Å². The summed E-state index contributed by atoms with van der Waals surface area (Å²) in [7, 11) is 5.43. The molecule has 0 radical (unpaired) electrons. The van der Waals surface area contributed by atoms with Gasteiger partial charge < -0.3 is 30.7 Å². The summed E-state index contributed by atoms with van der Waals surface area (Å²) in [6.07, 6.45) is -1.33. The second-order valence-electron chi connectivity index (χ2n) is 13.1. The number of urea groups is 1. The predicted octanol–water partition coefficient (Wildman–Crippen LogP) is 3.91. The van der Waals surface area contributed by atoms with Crippen molar-refractivity contribution in [1.82, 2.24) is 20.0 Å². The number of rotatable bonds is 14. The van der Waals surface area contributed by atoms with Crippen LogP contribution in [-0.4, -0.2) is 102 Å². The summed E-state index contributed by atoms with van der Waals surface area (Å²) in [5.41, 5.74) is 7.32. The standard InChI is InChI=1S/C34H53N5O5/c1-24(2)21-27(35)31(41)39(33(43)38(8)20-19-37(6)7)29(23-26-17-13-10-14-18-26)30(40)28(22-25-15-11-9-12-16-25)36-32(42)44-34(3,4)5/h9-18,24,27-30,40H,19-23,35H2,1-8H3,(H,36,42)/t27-,28?,29?,30?/m0/s1. The number of imide groups is 1. The van der Waals surface area contributed by atoms with Crippen LogP contribution in [0.4, 0.5) is 9.59 Å². The molecule has 4 N–H and O–H groups in total. The molecule has 0 saturated heterocycles. The molecular formula is C34H53N5O5. The van der Waals surface area contributed by atoms with Gasteiger partial charge in [-0.1, -0.05) is 74.5 Å². The molecule has 3 unspecified atom stereocenters. The van der Waals surface area contributed by atoms with Crippen LogP contribution in [0.15, 0.2) is 60.7 Å². The number of aliphatic hydroxyl groups excluding tert-OH is 1. The number of nitrogens with one attached hydrogen (secondary N) is 1. The number of aliphatic hydroxyl groups is 1. The maximum absolute atomic E-state index is 14.1. The number of nitrogens with zero attached hydrogens (tertiary/aromatic N) is 3. The highest BCUT2D eigenvalue weighted by molar-refractivity contribution is 5.97. The van der Waals surface area contributed by atoms with Gasteiger partial charge in [0.15, 0.2) is 0 Å². The first kappa shape index (κ1) is 36.7. The second-order valence-corrected chi connectivity index (χ2v) is 13.1. The van der Waals surface area contributed by atoms with E-state index in [0.29, 0.717) is 19.5 Å². The number of benzene rings is 2. The Hall–Kier alpha value is -3.47. The van der Waals surface area contributed by atoms with E-state index in [-0.39, 0.29) is 18.8 Å². The number of amides is 4. The summed E-state index contributed by atoms with van der Waals surface area (Å²) >= 11 is 0. The first-order chi connectivity index (χ1) is 20.6. The van der Waals surface area contributed by atoms with Crippen molar-refractivity contribution >= 4 is 18.0 Å². The quantitative estimate of drug-likeness (QED) is 0.296. The van der Waals surface area contributed by atoms with E-state index in [4.69, 9.17) is 10.5 Å². The van der Waals surface area contributed by atoms with Crippen molar-refractivity contribution in [3.8, 4) is 0 Å². The van der Waals surface area contributed by atoms with Crippen LogP contribution in [0.5, 0.6) is 0 Å². The molecule has 0 saturated carbocycles. The van der Waals surface area contributed by atoms with Gasteiger partial charge in [0.05, 0.1) is 24.2 Å². The van der Waals surface area contributed by atoms with Crippen LogP contribution in [0.1, 0.15) is 52.2 Å². The van der Waals surface area contributed by atoms with Gasteiger partial charge in [-0.05, 0) is 71.2 Å². The van der Waals surface area contributed by atoms with Crippen LogP contribution < -0.4 is 11.1 Å². The lowest BCUT2D eigenvalue weighted by atomic mass is 9.90. The highest BCUT2D eigenvalue weighted by atomic mass is 16.6. The molecule has 2 aromatic rings. The predicted molar refractivity (Wildman–Crippen MR) is 174 cm³/mol. The van der Waals surface area contributed by atoms with Gasteiger partial charge >= 0.3 is 12.1 Å². The molecule has 4 atom stereocenters. The van der Waals surface area contributed by atoms with Crippen LogP contribution in [0.3, 0.4) is 0 Å². The lowest BCUT2D eigenvalue weighted by Crippen LogP contribution is -2.63. The minimum Gasteiger partial charge on any atom is -0.444 e. The zero-order chi connectivity index (χ0) is 33.0. The SMILES string of the molecule is CC(C)C[C@H](N)C(=O)N(C(=O)N(C)CCN(C)C)C(Cc1ccccc1)C(O)C(Cc1ccccc1)NC(=O)OC(C)(C)C. The van der Waals surface area contributed by atoms with E-state index in [9.17, 15) is 19.5 Å². The van der Waals surface area contributed by atoms with Gasteiger partial charge in [-0.15, -0.1) is 0 Å². The molecule has 0 aliphatic rings. The first-order valence-corrected chi connectivity index (χ1v) is 15.3. The Kier molecular flexibility index (Phi) is 14.3. The number of carbonyl (C=O) groups is 3. The molecule has 0 aliphatic carbocycles. The highest BCUT2D eigenvalue weighted by Gasteiger charge is 2.42. The third-order valence-corrected chi connectivity index (χ3v) is 7.12. The molecule has 44 heavy (non-hydrogen) atoms. The monoisotopic (exact) mass is 611 g/mol. The van der Waals surface area contributed by atoms with E-state index < -0.39 is 47.9 Å². The fourth-order valence-corrected chi connectivity index (χ4v) is 4.89. The van der Waals surface area contributed by atoms with E-state index in [0.717, 1.165) is 16.0 Å². The number of hydrogen-bond donors (Lipinski definition) is 3. The molecule has 0 aromatic heterocycles. The average molecular weight is 612 g/mol. The van der Waals surface area contributed by atoms with Gasteiger partial charge in [-0.25, -0.2) is 9.59 Å². The molecule has 4 amide bonds. The van der Waals surface area contributed by atoms with Gasteiger partial charge in [-0.2, -0.15) is 0 Å². The van der Waals surface area contributed by atoms with E-state index >= 15 is 0 Å². The molecule has 2 aromatic carbocycles. The van der Waals surface area contributed by atoms with Crippen LogP contribution in [-0.2, 0) is 22.4 Å². The maximum Gasteiger partial charge on any atom is 0.407 e. The van der Waals surface area contributed by atoms with E-state index in [1.807, 2.05) is 93.5 Å². The Morgan fingerprint density at radius 3 is 1.89 bits per heavy atom. The summed E-state index contributed by atoms with van der Waals surface area (Å²) in [6, 6.07) is 15.3. The zero-order valence-corrected chi connectivity index (χ0v) is 27.7. The van der Waals surface area contributed by atoms with E-state index in [2.05, 4.69) is 5.32 Å². The topological polar surface area (TPSA) is 128 Å². The van der Waals surface area contributed by atoms with Gasteiger partial charge in [-0.3, -0.25) is 9.69 Å². The lowest BCUT2D eigenvalue weighted by molar-refractivity contribution is -0.135. The van der Waals surface area contributed by atoms with Crippen molar-refractivity contribution in [2.45, 2.75) is 83.7 Å². The minimum atomic E-state index is -1.37. The van der Waals surface area contributed by atoms with Crippen molar-refractivity contribution in [2.24, 2.45) is 11.7 Å². The maximum atomic E-state index is 14.1. The number of likely N-dealkylation sites (N-methyl/N-ethyl adjacent to an activating group) is 2. The third kappa shape index (κ3) is 12.3. The van der Waals surface area contributed by atoms with Crippen molar-refractivity contribution < 1.29 is 24.2 Å². The van der Waals surface area contributed by atoms with Crippen molar-refractivity contribution in [1.29, 1.82) is 0 Å². The molecular weight excluding hydrogens is 558 g/mol. The number of ether oxygens (including phenoxy) is 1. The Balaban J connectivity index is 2.64. The summed E-state index contributed by atoms with van der Waals surface area (Å²) in [4.78, 5) is 45.8. The summed E-state index contributed by atoms with van der Waals surface area (Å²) in [5.74, 6) is -0.467. The van der Waals surface area contributed by atoms with Crippen molar-refractivity contribution in [2.75, 3.05) is 34.2 Å². The minimum absolute atomic E-state index is 0.106. The smallest absolute Gasteiger partial charge is 0.407 e. The number of carbonyl (C=O) groups excluding carboxylic acids is 3. The van der Waals surface area contributed by atoms with Crippen LogP contribution in [0, 0.1) is 5.92 Å². The van der Waals surface area contributed by atoms with Crippen LogP contribution in [0.25, 0.3) is 0 Å². The van der Waals surface area contributed by atoms with Gasteiger partial charge in [0.25, 0.3) is 0 Å². The molecule has 2 rings (SSSR count). The summed E-state index contributed by atoms with van der Waals surface area (Å²) in [6.45, 7) is 10.1. The lowest BCUT2D eigenvalue weighted by Gasteiger charge is -2.40. The molecule has 0 fully saturated rings. The normalized spacial score (nSPS) is 14.5. The Bertz CT molecular complexity index is 1170. The first-order valence-electron chi connectivity index (χ1n) is 15.3. The fraction of sp³-hybridized carbons (Fsp3) is 0.559. The second kappa shape index (κ2) is 17.1. The largest absolute Gasteiger partial charge is 0.444 e. The number of alkyl carbamates (subject to hydrolysis) is 1. The number of nitrogens with two attached hydrogens (primary N) is 1. The van der Waals surface area contributed by atoms with Crippen LogP contribution >= 0.6 is 0 Å². The Morgan fingerprint density at radius 1 is 0.886 bits per heavy atom. The fourth-order valence-electron chi connectivity index (χ4n) is 4.89. The molecule has 0 bridgehead atoms. The van der Waals surface area contributed by atoms with Crippen molar-refractivity contribution in [3.05, 3.63) is 71.8 Å². The Labute approximate surface area is 263 Å². The molecule has 244 valence electrons. The highest BCUT2D eigenvalue weighted by Crippen LogP contribution is 2.22.